The van der Waals surface area contributed by atoms with E-state index in [2.05, 4.69) is 10.6 Å². The third-order valence-electron chi connectivity index (χ3n) is 3.41. The first-order valence-corrected chi connectivity index (χ1v) is 7.94. The fourth-order valence-electron chi connectivity index (χ4n) is 2.09. The van der Waals surface area contributed by atoms with Gasteiger partial charge in [-0.2, -0.15) is 0 Å². The summed E-state index contributed by atoms with van der Waals surface area (Å²) in [4.78, 5) is 22.9. The highest BCUT2D eigenvalue weighted by molar-refractivity contribution is 5.94. The van der Waals surface area contributed by atoms with Gasteiger partial charge in [0.25, 0.3) is 5.91 Å². The Bertz CT molecular complexity index is 654. The van der Waals surface area contributed by atoms with E-state index in [0.29, 0.717) is 17.9 Å². The lowest BCUT2D eigenvalue weighted by Gasteiger charge is -2.09. The first kappa shape index (κ1) is 17.5. The Morgan fingerprint density at radius 3 is 2.33 bits per heavy atom. The predicted molar refractivity (Wildman–Crippen MR) is 94.5 cm³/mol. The van der Waals surface area contributed by atoms with Gasteiger partial charge in [-0.15, -0.1) is 0 Å². The van der Waals surface area contributed by atoms with Crippen molar-refractivity contribution >= 4 is 17.4 Å². The molecule has 2 N–H and O–H groups in total. The van der Waals surface area contributed by atoms with Crippen LogP contribution in [0.1, 0.15) is 23.7 Å². The molecule has 2 aromatic rings. The standard InChI is InChI=1S/C19H22N2O3/c1-15(22)16-8-10-18(11-9-16)24-14-19(23)21-13-5-12-20-17-6-3-2-4-7-17/h2-4,6-11,20H,5,12-14H2,1H3,(H,21,23). The van der Waals surface area contributed by atoms with Gasteiger partial charge in [-0.3, -0.25) is 9.59 Å². The maximum Gasteiger partial charge on any atom is 0.257 e. The molecule has 24 heavy (non-hydrogen) atoms. The molecule has 0 unspecified atom stereocenters. The molecule has 126 valence electrons. The van der Waals surface area contributed by atoms with E-state index < -0.39 is 0 Å². The van der Waals surface area contributed by atoms with Crippen LogP contribution in [0.3, 0.4) is 0 Å². The molecule has 0 spiro atoms. The van der Waals surface area contributed by atoms with Gasteiger partial charge in [-0.05, 0) is 49.7 Å². The number of hydrogen-bond donors (Lipinski definition) is 2. The molecular formula is C19H22N2O3. The van der Waals surface area contributed by atoms with Gasteiger partial charge in [-0.1, -0.05) is 18.2 Å². The van der Waals surface area contributed by atoms with Crippen molar-refractivity contribution in [3.05, 3.63) is 60.2 Å². The number of ether oxygens (including phenoxy) is 1. The van der Waals surface area contributed by atoms with Crippen molar-refractivity contribution < 1.29 is 14.3 Å². The number of amides is 1. The summed E-state index contributed by atoms with van der Waals surface area (Å²) in [6.45, 7) is 2.85. The van der Waals surface area contributed by atoms with E-state index >= 15 is 0 Å². The summed E-state index contributed by atoms with van der Waals surface area (Å²) >= 11 is 0. The summed E-state index contributed by atoms with van der Waals surface area (Å²) in [5.74, 6) is 0.412. The predicted octanol–water partition coefficient (Wildman–Crippen LogP) is 2.89. The number of hydrogen-bond acceptors (Lipinski definition) is 4. The minimum absolute atomic E-state index is 0.00315. The van der Waals surface area contributed by atoms with E-state index in [1.165, 1.54) is 6.92 Å². The molecule has 0 fully saturated rings. The largest absolute Gasteiger partial charge is 0.484 e. The highest BCUT2D eigenvalue weighted by Gasteiger charge is 2.03. The summed E-state index contributed by atoms with van der Waals surface area (Å²) in [5, 5.41) is 6.09. The second-order valence-electron chi connectivity index (χ2n) is 5.37. The third-order valence-corrected chi connectivity index (χ3v) is 3.41. The van der Waals surface area contributed by atoms with Crippen molar-refractivity contribution in [1.82, 2.24) is 5.32 Å². The van der Waals surface area contributed by atoms with Crippen LogP contribution < -0.4 is 15.4 Å². The van der Waals surface area contributed by atoms with Crippen molar-refractivity contribution in [2.24, 2.45) is 0 Å². The van der Waals surface area contributed by atoms with Crippen LogP contribution in [-0.4, -0.2) is 31.4 Å². The number of ketones is 1. The van der Waals surface area contributed by atoms with Crippen LogP contribution in [0, 0.1) is 0 Å². The van der Waals surface area contributed by atoms with Crippen molar-refractivity contribution in [3.63, 3.8) is 0 Å². The number of carbonyl (C=O) groups is 2. The van der Waals surface area contributed by atoms with Crippen LogP contribution in [-0.2, 0) is 4.79 Å². The number of carbonyl (C=O) groups excluding carboxylic acids is 2. The van der Waals surface area contributed by atoms with E-state index in [0.717, 1.165) is 18.7 Å². The zero-order valence-corrected chi connectivity index (χ0v) is 13.7. The summed E-state index contributed by atoms with van der Waals surface area (Å²) in [5.41, 5.74) is 1.69. The van der Waals surface area contributed by atoms with Crippen LogP contribution in [0.4, 0.5) is 5.69 Å². The fourth-order valence-corrected chi connectivity index (χ4v) is 2.09. The Labute approximate surface area is 142 Å². The number of anilines is 1. The monoisotopic (exact) mass is 326 g/mol. The zero-order chi connectivity index (χ0) is 17.2. The SMILES string of the molecule is CC(=O)c1ccc(OCC(=O)NCCCNc2ccccc2)cc1. The smallest absolute Gasteiger partial charge is 0.257 e. The molecule has 5 nitrogen and oxygen atoms in total. The third kappa shape index (κ3) is 6.12. The van der Waals surface area contributed by atoms with Gasteiger partial charge in [-0.25, -0.2) is 0 Å². The van der Waals surface area contributed by atoms with Gasteiger partial charge in [0.1, 0.15) is 5.75 Å². The Kier molecular flexibility index (Phi) is 6.83. The quantitative estimate of drug-likeness (QED) is 0.549. The van der Waals surface area contributed by atoms with Gasteiger partial charge in [0.2, 0.25) is 0 Å². The van der Waals surface area contributed by atoms with E-state index in [4.69, 9.17) is 4.74 Å². The molecule has 0 aliphatic carbocycles. The van der Waals surface area contributed by atoms with Crippen LogP contribution >= 0.6 is 0 Å². The molecule has 0 aliphatic rings. The Hall–Kier alpha value is -2.82. The fraction of sp³-hybridized carbons (Fsp3) is 0.263. The summed E-state index contributed by atoms with van der Waals surface area (Å²) in [7, 11) is 0. The van der Waals surface area contributed by atoms with Crippen molar-refractivity contribution in [2.45, 2.75) is 13.3 Å². The molecule has 2 aromatic carbocycles. The lowest BCUT2D eigenvalue weighted by atomic mass is 10.1. The molecule has 0 saturated heterocycles. The van der Waals surface area contributed by atoms with Crippen LogP contribution in [0.5, 0.6) is 5.75 Å². The molecule has 0 radical (unpaired) electrons. The lowest BCUT2D eigenvalue weighted by Crippen LogP contribution is -2.30. The molecular weight excluding hydrogens is 304 g/mol. The van der Waals surface area contributed by atoms with E-state index in [1.807, 2.05) is 30.3 Å². The summed E-state index contributed by atoms with van der Waals surface area (Å²) < 4.78 is 5.39. The number of rotatable bonds is 9. The van der Waals surface area contributed by atoms with E-state index in [9.17, 15) is 9.59 Å². The average molecular weight is 326 g/mol. The minimum Gasteiger partial charge on any atom is -0.484 e. The molecule has 1 amide bonds. The zero-order valence-electron chi connectivity index (χ0n) is 13.7. The first-order chi connectivity index (χ1) is 11.6. The summed E-state index contributed by atoms with van der Waals surface area (Å²) in [6, 6.07) is 16.7. The van der Waals surface area contributed by atoms with E-state index in [1.54, 1.807) is 24.3 Å². The normalized spacial score (nSPS) is 10.0. The molecule has 0 aliphatic heterocycles. The molecule has 0 heterocycles. The van der Waals surface area contributed by atoms with Crippen molar-refractivity contribution in [2.75, 3.05) is 25.0 Å². The van der Waals surface area contributed by atoms with Gasteiger partial charge < -0.3 is 15.4 Å². The van der Waals surface area contributed by atoms with Crippen molar-refractivity contribution in [3.8, 4) is 5.75 Å². The first-order valence-electron chi connectivity index (χ1n) is 7.94. The van der Waals surface area contributed by atoms with Gasteiger partial charge >= 0.3 is 0 Å². The second-order valence-corrected chi connectivity index (χ2v) is 5.37. The Morgan fingerprint density at radius 1 is 0.958 bits per heavy atom. The molecule has 0 saturated carbocycles. The highest BCUT2D eigenvalue weighted by Crippen LogP contribution is 2.12. The van der Waals surface area contributed by atoms with Crippen LogP contribution in [0.25, 0.3) is 0 Å². The molecule has 0 bridgehead atoms. The number of Topliss-reactive ketones (excluding diaryl/α,β-unsaturated/α-hetero) is 1. The van der Waals surface area contributed by atoms with Crippen LogP contribution in [0.2, 0.25) is 0 Å². The molecule has 5 heteroatoms. The lowest BCUT2D eigenvalue weighted by molar-refractivity contribution is -0.123. The highest BCUT2D eigenvalue weighted by atomic mass is 16.5. The topological polar surface area (TPSA) is 67.4 Å². The molecule has 2 rings (SSSR count). The second kappa shape index (κ2) is 9.35. The maximum atomic E-state index is 11.7. The van der Waals surface area contributed by atoms with Gasteiger partial charge in [0, 0.05) is 24.3 Å². The van der Waals surface area contributed by atoms with Gasteiger partial charge in [0.15, 0.2) is 12.4 Å². The Morgan fingerprint density at radius 2 is 1.67 bits per heavy atom. The van der Waals surface area contributed by atoms with Crippen molar-refractivity contribution in [1.29, 1.82) is 0 Å². The average Bonchev–Trinajstić information content (AvgIpc) is 2.61. The van der Waals surface area contributed by atoms with Crippen LogP contribution in [0.15, 0.2) is 54.6 Å². The number of nitrogens with one attached hydrogen (secondary N) is 2. The minimum atomic E-state index is -0.162. The van der Waals surface area contributed by atoms with Gasteiger partial charge in [0.05, 0.1) is 0 Å². The van der Waals surface area contributed by atoms with E-state index in [-0.39, 0.29) is 18.3 Å². The Balaban J connectivity index is 1.59. The number of para-hydroxylation sites is 1. The molecule has 0 aromatic heterocycles. The molecule has 0 atom stereocenters. The number of benzene rings is 2. The summed E-state index contributed by atoms with van der Waals surface area (Å²) in [6.07, 6.45) is 0.827. The maximum absolute atomic E-state index is 11.7.